The van der Waals surface area contributed by atoms with Gasteiger partial charge in [0.25, 0.3) is 0 Å². The highest BCUT2D eigenvalue weighted by atomic mass is 79.9. The Kier molecular flexibility index (Phi) is 4.77. The lowest BCUT2D eigenvalue weighted by molar-refractivity contribution is -0.137. The van der Waals surface area contributed by atoms with E-state index in [1.54, 1.807) is 0 Å². The van der Waals surface area contributed by atoms with Crippen molar-refractivity contribution in [2.24, 2.45) is 0 Å². The Morgan fingerprint density at radius 1 is 0.952 bits per heavy atom. The molecule has 0 N–H and O–H groups in total. The number of benzene rings is 2. The average molecular weight is 357 g/mol. The Hall–Kier alpha value is -1.29. The van der Waals surface area contributed by atoms with Gasteiger partial charge in [-0.2, -0.15) is 13.2 Å². The molecule has 0 heterocycles. The van der Waals surface area contributed by atoms with Crippen molar-refractivity contribution in [3.05, 3.63) is 70.3 Å². The summed E-state index contributed by atoms with van der Waals surface area (Å²) in [5, 5.41) is 0. The number of alkyl halides is 4. The molecule has 0 aliphatic carbocycles. The Bertz CT molecular complexity index is 615. The fourth-order valence-corrected chi connectivity index (χ4v) is 2.77. The zero-order valence-electron chi connectivity index (χ0n) is 11.8. The molecule has 0 spiro atoms. The van der Waals surface area contributed by atoms with Crippen molar-refractivity contribution in [2.75, 3.05) is 0 Å². The van der Waals surface area contributed by atoms with E-state index in [2.05, 4.69) is 41.9 Å². The molecule has 0 nitrogen and oxygen atoms in total. The molecule has 0 aliphatic heterocycles. The van der Waals surface area contributed by atoms with E-state index < -0.39 is 11.7 Å². The summed E-state index contributed by atoms with van der Waals surface area (Å²) >= 11 is 3.62. The lowest BCUT2D eigenvalue weighted by atomic mass is 10.00. The average Bonchev–Trinajstić information content (AvgIpc) is 2.41. The number of aryl methyl sites for hydroxylation is 2. The van der Waals surface area contributed by atoms with Crippen LogP contribution in [-0.4, -0.2) is 0 Å². The monoisotopic (exact) mass is 356 g/mol. The third kappa shape index (κ3) is 4.10. The van der Waals surface area contributed by atoms with E-state index in [0.717, 1.165) is 23.3 Å². The van der Waals surface area contributed by atoms with E-state index in [1.165, 1.54) is 23.3 Å². The van der Waals surface area contributed by atoms with Crippen LogP contribution in [0.1, 0.15) is 32.6 Å². The molecular formula is C17H16BrF3. The molecule has 2 aromatic carbocycles. The van der Waals surface area contributed by atoms with Crippen molar-refractivity contribution in [3.8, 4) is 0 Å². The van der Waals surface area contributed by atoms with Crippen LogP contribution in [0.4, 0.5) is 13.2 Å². The Labute approximate surface area is 131 Å². The summed E-state index contributed by atoms with van der Waals surface area (Å²) in [4.78, 5) is 0.0912. The predicted octanol–water partition coefficient (Wildman–Crippen LogP) is 6.00. The minimum Gasteiger partial charge on any atom is -0.166 e. The van der Waals surface area contributed by atoms with E-state index in [9.17, 15) is 13.2 Å². The summed E-state index contributed by atoms with van der Waals surface area (Å²) in [5.41, 5.74) is 3.85. The smallest absolute Gasteiger partial charge is 0.166 e. The first-order valence-corrected chi connectivity index (χ1v) is 7.56. The quantitative estimate of drug-likeness (QED) is 0.591. The third-order valence-electron chi connectivity index (χ3n) is 3.59. The van der Waals surface area contributed by atoms with Crippen molar-refractivity contribution in [1.29, 1.82) is 0 Å². The molecule has 0 saturated heterocycles. The van der Waals surface area contributed by atoms with Crippen LogP contribution in [0.2, 0.25) is 0 Å². The van der Waals surface area contributed by atoms with Gasteiger partial charge < -0.3 is 0 Å². The molecular weight excluding hydrogens is 341 g/mol. The Morgan fingerprint density at radius 2 is 1.57 bits per heavy atom. The van der Waals surface area contributed by atoms with E-state index in [1.807, 2.05) is 6.07 Å². The molecule has 0 radical (unpaired) electrons. The molecule has 1 atom stereocenters. The molecule has 4 heteroatoms. The van der Waals surface area contributed by atoms with E-state index in [4.69, 9.17) is 0 Å². The summed E-state index contributed by atoms with van der Waals surface area (Å²) in [5.74, 6) is 0. The molecule has 0 fully saturated rings. The highest BCUT2D eigenvalue weighted by Crippen LogP contribution is 2.31. The molecule has 0 amide bonds. The van der Waals surface area contributed by atoms with E-state index in [0.29, 0.717) is 6.42 Å². The van der Waals surface area contributed by atoms with Crippen LogP contribution >= 0.6 is 15.9 Å². The minimum absolute atomic E-state index is 0.0912. The zero-order chi connectivity index (χ0) is 15.6. The number of halogens is 4. The van der Waals surface area contributed by atoms with Crippen molar-refractivity contribution in [3.63, 3.8) is 0 Å². The van der Waals surface area contributed by atoms with Gasteiger partial charge in [0, 0.05) is 4.83 Å². The van der Waals surface area contributed by atoms with Gasteiger partial charge in [-0.05, 0) is 54.7 Å². The first-order valence-electron chi connectivity index (χ1n) is 6.65. The number of hydrogen-bond acceptors (Lipinski definition) is 0. The first-order chi connectivity index (χ1) is 9.77. The maximum Gasteiger partial charge on any atom is 0.416 e. The fraction of sp³-hybridized carbons (Fsp3) is 0.294. The summed E-state index contributed by atoms with van der Waals surface area (Å²) < 4.78 is 37.6. The molecule has 0 aliphatic rings. The third-order valence-corrected chi connectivity index (χ3v) is 4.44. The van der Waals surface area contributed by atoms with Gasteiger partial charge in [-0.3, -0.25) is 0 Å². The lowest BCUT2D eigenvalue weighted by Crippen LogP contribution is -2.05. The normalized spacial score (nSPS) is 13.2. The Morgan fingerprint density at radius 3 is 2.10 bits per heavy atom. The zero-order valence-corrected chi connectivity index (χ0v) is 13.4. The van der Waals surface area contributed by atoms with Gasteiger partial charge >= 0.3 is 6.18 Å². The Balaban J connectivity index is 2.12. The van der Waals surface area contributed by atoms with Gasteiger partial charge in [0.05, 0.1) is 5.56 Å². The summed E-state index contributed by atoms with van der Waals surface area (Å²) in [7, 11) is 0. The van der Waals surface area contributed by atoms with Gasteiger partial charge in [0.2, 0.25) is 0 Å². The molecule has 0 saturated carbocycles. The van der Waals surface area contributed by atoms with Crippen LogP contribution in [-0.2, 0) is 12.6 Å². The topological polar surface area (TPSA) is 0 Å². The van der Waals surface area contributed by atoms with E-state index in [-0.39, 0.29) is 4.83 Å². The van der Waals surface area contributed by atoms with Gasteiger partial charge in [0.15, 0.2) is 0 Å². The second kappa shape index (κ2) is 6.22. The van der Waals surface area contributed by atoms with Crippen LogP contribution in [0.15, 0.2) is 42.5 Å². The summed E-state index contributed by atoms with van der Waals surface area (Å²) in [6.45, 7) is 4.11. The lowest BCUT2D eigenvalue weighted by Gasteiger charge is -2.13. The fourth-order valence-electron chi connectivity index (χ4n) is 2.11. The summed E-state index contributed by atoms with van der Waals surface area (Å²) in [6.07, 6.45) is -3.62. The molecule has 2 aromatic rings. The van der Waals surface area contributed by atoms with Crippen LogP contribution in [0.5, 0.6) is 0 Å². The van der Waals surface area contributed by atoms with Gasteiger partial charge in [-0.1, -0.05) is 46.3 Å². The highest BCUT2D eigenvalue weighted by molar-refractivity contribution is 9.09. The van der Waals surface area contributed by atoms with Gasteiger partial charge in [-0.15, -0.1) is 0 Å². The molecule has 112 valence electrons. The maximum absolute atomic E-state index is 12.5. The number of hydrogen-bond donors (Lipinski definition) is 0. The molecule has 1 unspecified atom stereocenters. The van der Waals surface area contributed by atoms with Crippen LogP contribution in [0.25, 0.3) is 0 Å². The molecule has 2 rings (SSSR count). The molecule has 0 bridgehead atoms. The van der Waals surface area contributed by atoms with Crippen LogP contribution in [0.3, 0.4) is 0 Å². The highest BCUT2D eigenvalue weighted by Gasteiger charge is 2.29. The SMILES string of the molecule is Cc1ccc(C(Br)Cc2ccc(C(F)(F)F)cc2)cc1C. The second-order valence-corrected chi connectivity index (χ2v) is 6.32. The van der Waals surface area contributed by atoms with Gasteiger partial charge in [0.1, 0.15) is 0 Å². The second-order valence-electron chi connectivity index (χ2n) is 5.21. The van der Waals surface area contributed by atoms with Crippen LogP contribution < -0.4 is 0 Å². The van der Waals surface area contributed by atoms with Crippen molar-refractivity contribution >= 4 is 15.9 Å². The molecule has 0 aromatic heterocycles. The summed E-state index contributed by atoms with van der Waals surface area (Å²) in [6, 6.07) is 11.6. The van der Waals surface area contributed by atoms with E-state index >= 15 is 0 Å². The standard InChI is InChI=1S/C17H16BrF3/c1-11-3-6-14(9-12(11)2)16(18)10-13-4-7-15(8-5-13)17(19,20)21/h3-9,16H,10H2,1-2H3. The van der Waals surface area contributed by atoms with Crippen molar-refractivity contribution < 1.29 is 13.2 Å². The van der Waals surface area contributed by atoms with Crippen molar-refractivity contribution in [2.45, 2.75) is 31.3 Å². The number of rotatable bonds is 3. The van der Waals surface area contributed by atoms with Crippen LogP contribution in [0, 0.1) is 13.8 Å². The minimum atomic E-state index is -4.28. The predicted molar refractivity (Wildman–Crippen MR) is 82.7 cm³/mol. The first kappa shape index (κ1) is 16.1. The molecule has 21 heavy (non-hydrogen) atoms. The van der Waals surface area contributed by atoms with Crippen molar-refractivity contribution in [1.82, 2.24) is 0 Å². The maximum atomic E-state index is 12.5. The largest absolute Gasteiger partial charge is 0.416 e. The van der Waals surface area contributed by atoms with Gasteiger partial charge in [-0.25, -0.2) is 0 Å².